The molecule has 96 valence electrons. The molecule has 0 saturated heterocycles. The van der Waals surface area contributed by atoms with Gasteiger partial charge in [-0.2, -0.15) is 5.26 Å². The Kier molecular flexibility index (Phi) is 3.39. The van der Waals surface area contributed by atoms with E-state index in [4.69, 9.17) is 0 Å². The molecule has 0 fully saturated rings. The molecule has 2 aromatic rings. The highest BCUT2D eigenvalue weighted by atomic mass is 16.3. The van der Waals surface area contributed by atoms with E-state index in [1.807, 2.05) is 44.0 Å². The Bertz CT molecular complexity index is 642. The second-order valence-corrected chi connectivity index (χ2v) is 4.43. The van der Waals surface area contributed by atoms with Crippen LogP contribution in [0.2, 0.25) is 0 Å². The fraction of sp³-hybridized carbons (Fsp3) is 0.200. The summed E-state index contributed by atoms with van der Waals surface area (Å²) in [5, 5.41) is 18.6. The predicted molar refractivity (Wildman–Crippen MR) is 74.6 cm³/mol. The van der Waals surface area contributed by atoms with Crippen LogP contribution in [-0.4, -0.2) is 17.1 Å². The highest BCUT2D eigenvalue weighted by molar-refractivity contribution is 5.70. The Morgan fingerprint density at radius 2 is 1.84 bits per heavy atom. The normalized spacial score (nSPS) is 10.0. The predicted octanol–water partition coefficient (Wildman–Crippen LogP) is 3.04. The smallest absolute Gasteiger partial charge is 0.115 e. The third kappa shape index (κ3) is 2.50. The Morgan fingerprint density at radius 3 is 2.42 bits per heavy atom. The van der Waals surface area contributed by atoms with Gasteiger partial charge in [-0.1, -0.05) is 0 Å². The standard InChI is InChI=1S/C15H15N3O/c1-10-8-15(14(9-16)11(2)17-10)18(3)12-4-6-13(19)7-5-12/h4-8,19H,1-3H3. The van der Waals surface area contributed by atoms with Gasteiger partial charge in [0.1, 0.15) is 11.8 Å². The maximum absolute atomic E-state index is 9.32. The van der Waals surface area contributed by atoms with E-state index >= 15 is 0 Å². The molecule has 1 N–H and O–H groups in total. The number of benzene rings is 1. The molecule has 0 spiro atoms. The quantitative estimate of drug-likeness (QED) is 0.893. The molecule has 1 aromatic carbocycles. The Morgan fingerprint density at radius 1 is 1.21 bits per heavy atom. The maximum Gasteiger partial charge on any atom is 0.115 e. The van der Waals surface area contributed by atoms with Crippen molar-refractivity contribution in [2.45, 2.75) is 13.8 Å². The minimum absolute atomic E-state index is 0.222. The van der Waals surface area contributed by atoms with Crippen molar-refractivity contribution >= 4 is 11.4 Å². The Balaban J connectivity index is 2.52. The van der Waals surface area contributed by atoms with Crippen LogP contribution in [0, 0.1) is 25.2 Å². The number of rotatable bonds is 2. The van der Waals surface area contributed by atoms with Gasteiger partial charge in [-0.3, -0.25) is 4.98 Å². The average molecular weight is 253 g/mol. The summed E-state index contributed by atoms with van der Waals surface area (Å²) in [5.74, 6) is 0.222. The summed E-state index contributed by atoms with van der Waals surface area (Å²) in [4.78, 5) is 6.22. The number of phenols is 1. The fourth-order valence-corrected chi connectivity index (χ4v) is 2.03. The molecule has 19 heavy (non-hydrogen) atoms. The number of aromatic hydroxyl groups is 1. The minimum Gasteiger partial charge on any atom is -0.508 e. The van der Waals surface area contributed by atoms with Crippen molar-refractivity contribution in [3.63, 3.8) is 0 Å². The molecular formula is C15H15N3O. The van der Waals surface area contributed by atoms with Crippen LogP contribution in [0.25, 0.3) is 0 Å². The lowest BCUT2D eigenvalue weighted by atomic mass is 10.1. The van der Waals surface area contributed by atoms with E-state index < -0.39 is 0 Å². The summed E-state index contributed by atoms with van der Waals surface area (Å²) in [5.41, 5.74) is 3.89. The molecule has 1 aromatic heterocycles. The molecular weight excluding hydrogens is 238 g/mol. The molecule has 0 amide bonds. The zero-order chi connectivity index (χ0) is 14.0. The van der Waals surface area contributed by atoms with Gasteiger partial charge < -0.3 is 10.0 Å². The summed E-state index contributed by atoms with van der Waals surface area (Å²) in [6, 6.07) is 10.9. The third-order valence-electron chi connectivity index (χ3n) is 3.02. The molecule has 0 unspecified atom stereocenters. The van der Waals surface area contributed by atoms with E-state index in [0.717, 1.165) is 22.8 Å². The van der Waals surface area contributed by atoms with E-state index in [2.05, 4.69) is 11.1 Å². The summed E-state index contributed by atoms with van der Waals surface area (Å²) in [6.07, 6.45) is 0. The van der Waals surface area contributed by atoms with Gasteiger partial charge in [0.2, 0.25) is 0 Å². The van der Waals surface area contributed by atoms with Crippen molar-refractivity contribution in [1.82, 2.24) is 4.98 Å². The molecule has 4 heteroatoms. The van der Waals surface area contributed by atoms with E-state index in [0.29, 0.717) is 5.56 Å². The molecule has 0 radical (unpaired) electrons. The molecule has 0 aliphatic heterocycles. The lowest BCUT2D eigenvalue weighted by molar-refractivity contribution is 0.475. The van der Waals surface area contributed by atoms with Crippen LogP contribution < -0.4 is 4.90 Å². The van der Waals surface area contributed by atoms with E-state index in [9.17, 15) is 10.4 Å². The van der Waals surface area contributed by atoms with Gasteiger partial charge in [0.15, 0.2) is 0 Å². The van der Waals surface area contributed by atoms with Crippen molar-refractivity contribution in [3.05, 3.63) is 47.3 Å². The van der Waals surface area contributed by atoms with E-state index in [1.54, 1.807) is 12.1 Å². The molecule has 0 aliphatic rings. The third-order valence-corrected chi connectivity index (χ3v) is 3.02. The number of aromatic nitrogens is 1. The summed E-state index contributed by atoms with van der Waals surface area (Å²) < 4.78 is 0. The number of aryl methyl sites for hydroxylation is 2. The first-order chi connectivity index (χ1) is 9.02. The van der Waals surface area contributed by atoms with Crippen molar-refractivity contribution < 1.29 is 5.11 Å². The summed E-state index contributed by atoms with van der Waals surface area (Å²) in [7, 11) is 1.89. The molecule has 0 aliphatic carbocycles. The topological polar surface area (TPSA) is 60.1 Å². The molecule has 0 bridgehead atoms. The van der Waals surface area contributed by atoms with Gasteiger partial charge in [0.25, 0.3) is 0 Å². The van der Waals surface area contributed by atoms with Crippen molar-refractivity contribution in [2.24, 2.45) is 0 Å². The van der Waals surface area contributed by atoms with Crippen LogP contribution in [0.3, 0.4) is 0 Å². The second-order valence-electron chi connectivity index (χ2n) is 4.43. The monoisotopic (exact) mass is 253 g/mol. The van der Waals surface area contributed by atoms with Crippen LogP contribution in [0.5, 0.6) is 5.75 Å². The van der Waals surface area contributed by atoms with Gasteiger partial charge in [-0.15, -0.1) is 0 Å². The van der Waals surface area contributed by atoms with Crippen LogP contribution in [0.15, 0.2) is 30.3 Å². The highest BCUT2D eigenvalue weighted by Gasteiger charge is 2.13. The maximum atomic E-state index is 9.32. The number of hydrogen-bond donors (Lipinski definition) is 1. The SMILES string of the molecule is Cc1cc(N(C)c2ccc(O)cc2)c(C#N)c(C)n1. The summed E-state index contributed by atoms with van der Waals surface area (Å²) >= 11 is 0. The number of hydrogen-bond acceptors (Lipinski definition) is 4. The zero-order valence-electron chi connectivity index (χ0n) is 11.2. The lowest BCUT2D eigenvalue weighted by Crippen LogP contribution is -2.12. The number of phenolic OH excluding ortho intramolecular Hbond substituents is 1. The van der Waals surface area contributed by atoms with Crippen molar-refractivity contribution in [3.8, 4) is 11.8 Å². The first-order valence-electron chi connectivity index (χ1n) is 5.94. The van der Waals surface area contributed by atoms with Crippen molar-refractivity contribution in [2.75, 3.05) is 11.9 Å². The fourth-order valence-electron chi connectivity index (χ4n) is 2.03. The Hall–Kier alpha value is -2.54. The molecule has 0 saturated carbocycles. The van der Waals surface area contributed by atoms with Gasteiger partial charge in [0, 0.05) is 18.4 Å². The van der Waals surface area contributed by atoms with E-state index in [1.165, 1.54) is 0 Å². The van der Waals surface area contributed by atoms with Crippen LogP contribution >= 0.6 is 0 Å². The second kappa shape index (κ2) is 4.99. The van der Waals surface area contributed by atoms with E-state index in [-0.39, 0.29) is 5.75 Å². The van der Waals surface area contributed by atoms with Gasteiger partial charge in [-0.25, -0.2) is 0 Å². The molecule has 1 heterocycles. The summed E-state index contributed by atoms with van der Waals surface area (Å²) in [6.45, 7) is 3.74. The van der Waals surface area contributed by atoms with Gasteiger partial charge in [0.05, 0.1) is 16.9 Å². The average Bonchev–Trinajstić information content (AvgIpc) is 2.38. The van der Waals surface area contributed by atoms with Crippen LogP contribution in [0.1, 0.15) is 17.0 Å². The zero-order valence-corrected chi connectivity index (χ0v) is 11.2. The minimum atomic E-state index is 0.222. The largest absolute Gasteiger partial charge is 0.508 e. The van der Waals surface area contributed by atoms with Crippen LogP contribution in [0.4, 0.5) is 11.4 Å². The lowest BCUT2D eigenvalue weighted by Gasteiger charge is -2.21. The molecule has 0 atom stereocenters. The molecule has 2 rings (SSSR count). The number of pyridine rings is 1. The van der Waals surface area contributed by atoms with Gasteiger partial charge in [-0.05, 0) is 44.2 Å². The first-order valence-corrected chi connectivity index (χ1v) is 5.94. The first kappa shape index (κ1) is 12.9. The van der Waals surface area contributed by atoms with Crippen molar-refractivity contribution in [1.29, 1.82) is 5.26 Å². The Labute approximate surface area is 112 Å². The van der Waals surface area contributed by atoms with Crippen LogP contribution in [-0.2, 0) is 0 Å². The number of anilines is 2. The highest BCUT2D eigenvalue weighted by Crippen LogP contribution is 2.29. The van der Waals surface area contributed by atoms with Gasteiger partial charge >= 0.3 is 0 Å². The molecule has 4 nitrogen and oxygen atoms in total. The number of nitriles is 1. The number of nitrogens with zero attached hydrogens (tertiary/aromatic N) is 3.